The van der Waals surface area contributed by atoms with E-state index in [1.54, 1.807) is 18.2 Å². The van der Waals surface area contributed by atoms with E-state index in [2.05, 4.69) is 82.4 Å². The Kier molecular flexibility index (Phi) is 11.3. The summed E-state index contributed by atoms with van der Waals surface area (Å²) in [6, 6.07) is 16.1. The number of nitrogens with one attached hydrogen (secondary N) is 2. The number of hydrogen-bond donors (Lipinski definition) is 2. The van der Waals surface area contributed by atoms with Crippen LogP contribution >= 0.6 is 34.8 Å². The minimum absolute atomic E-state index is 0.00894. The van der Waals surface area contributed by atoms with Gasteiger partial charge in [-0.1, -0.05) is 101 Å². The van der Waals surface area contributed by atoms with Crippen molar-refractivity contribution >= 4 is 69.6 Å². The van der Waals surface area contributed by atoms with Gasteiger partial charge >= 0.3 is 5.91 Å². The summed E-state index contributed by atoms with van der Waals surface area (Å²) in [5.41, 5.74) is 3.42. The Hall–Kier alpha value is -3.59. The van der Waals surface area contributed by atoms with E-state index in [4.69, 9.17) is 39.5 Å². The molecule has 0 aromatic heterocycles. The van der Waals surface area contributed by atoms with Crippen LogP contribution in [0.25, 0.3) is 0 Å². The van der Waals surface area contributed by atoms with Gasteiger partial charge in [-0.2, -0.15) is 5.01 Å². The monoisotopic (exact) mass is 698 g/mol. The zero-order valence-corrected chi connectivity index (χ0v) is 30.0. The molecule has 250 valence electrons. The average Bonchev–Trinajstić information content (AvgIpc) is 3.30. The Morgan fingerprint density at radius 3 is 2.19 bits per heavy atom. The van der Waals surface area contributed by atoms with E-state index in [1.165, 1.54) is 23.3 Å². The number of rotatable bonds is 12. The van der Waals surface area contributed by atoms with E-state index in [-0.39, 0.29) is 43.3 Å². The quantitative estimate of drug-likeness (QED) is 0.184. The molecule has 3 aromatic carbocycles. The molecule has 0 saturated heterocycles. The van der Waals surface area contributed by atoms with Crippen molar-refractivity contribution < 1.29 is 19.1 Å². The number of Topliss-reactive ketones (excluding diaryl/α,β-unsaturated/α-hetero) is 1. The number of benzene rings is 3. The Labute approximate surface area is 291 Å². The third-order valence-electron chi connectivity index (χ3n) is 8.89. The van der Waals surface area contributed by atoms with Crippen LogP contribution in [-0.4, -0.2) is 36.1 Å². The summed E-state index contributed by atoms with van der Waals surface area (Å²) >= 11 is 18.4. The fourth-order valence-corrected chi connectivity index (χ4v) is 5.94. The number of halogens is 3. The summed E-state index contributed by atoms with van der Waals surface area (Å²) in [5, 5.41) is 10.9. The fourth-order valence-electron chi connectivity index (χ4n) is 4.97. The summed E-state index contributed by atoms with van der Waals surface area (Å²) in [5.74, 6) is -2.20. The average molecular weight is 700 g/mol. The highest BCUT2D eigenvalue weighted by atomic mass is 35.5. The second kappa shape index (κ2) is 14.7. The second-order valence-electron chi connectivity index (χ2n) is 12.9. The molecule has 1 aliphatic heterocycles. The lowest BCUT2D eigenvalue weighted by Gasteiger charge is -2.31. The third-order valence-corrected chi connectivity index (χ3v) is 9.69. The maximum absolute atomic E-state index is 13.1. The summed E-state index contributed by atoms with van der Waals surface area (Å²) in [7, 11) is 0. The lowest BCUT2D eigenvalue weighted by Crippen LogP contribution is -2.37. The Bertz CT molecular complexity index is 1700. The van der Waals surface area contributed by atoms with Crippen molar-refractivity contribution in [1.29, 1.82) is 0 Å². The molecule has 47 heavy (non-hydrogen) atoms. The van der Waals surface area contributed by atoms with Crippen LogP contribution in [0.4, 0.5) is 11.4 Å². The highest BCUT2D eigenvalue weighted by molar-refractivity contribution is 6.70. The number of nitrogens with zero attached hydrogens (tertiary/aromatic N) is 2. The molecular weight excluding hydrogens is 659 g/mol. The van der Waals surface area contributed by atoms with Gasteiger partial charge in [0, 0.05) is 21.8 Å². The first-order chi connectivity index (χ1) is 22.1. The number of carbonyl (C=O) groups is 3. The number of hydrazone groups is 1. The van der Waals surface area contributed by atoms with E-state index in [9.17, 15) is 14.4 Å². The van der Waals surface area contributed by atoms with Crippen molar-refractivity contribution in [2.75, 3.05) is 16.9 Å². The van der Waals surface area contributed by atoms with Gasteiger partial charge < -0.3 is 15.4 Å². The van der Waals surface area contributed by atoms with E-state index in [0.29, 0.717) is 12.2 Å². The Balaban J connectivity index is 1.47. The standard InChI is InChI=1S/C36H41Cl3N4O4/c1-8-25(47-29-15-14-22(35(4,5)9-2)17-26(29)36(6,7)10-3)20-40-24-13-11-12-21(16-24)33(45)41-32-31(44)34(46)43(42-32)30-27(38)18-23(37)19-28(30)39/h11-19,25,40H,8-10,20H2,1-7H3,(H,41,42,45). The molecule has 3 aromatic rings. The molecule has 1 aliphatic rings. The van der Waals surface area contributed by atoms with Crippen LogP contribution in [0.2, 0.25) is 15.1 Å². The molecule has 0 fully saturated rings. The number of amides is 2. The summed E-state index contributed by atoms with van der Waals surface area (Å²) in [6.45, 7) is 16.0. The van der Waals surface area contributed by atoms with Crippen LogP contribution in [0.15, 0.2) is 59.7 Å². The summed E-state index contributed by atoms with van der Waals surface area (Å²) < 4.78 is 6.61. The van der Waals surface area contributed by atoms with Gasteiger partial charge in [0.2, 0.25) is 5.84 Å². The Morgan fingerprint density at radius 2 is 1.57 bits per heavy atom. The molecule has 11 heteroatoms. The van der Waals surface area contributed by atoms with Gasteiger partial charge in [0.25, 0.3) is 11.7 Å². The van der Waals surface area contributed by atoms with Crippen molar-refractivity contribution in [2.24, 2.45) is 5.10 Å². The van der Waals surface area contributed by atoms with Gasteiger partial charge in [0.05, 0.1) is 16.6 Å². The molecule has 0 saturated carbocycles. The molecule has 1 heterocycles. The van der Waals surface area contributed by atoms with E-state index in [1.807, 2.05) is 6.07 Å². The molecule has 0 spiro atoms. The molecular formula is C36H41Cl3N4O4. The number of ether oxygens (including phenoxy) is 1. The third kappa shape index (κ3) is 8.11. The molecule has 0 aliphatic carbocycles. The van der Waals surface area contributed by atoms with Gasteiger partial charge in [-0.15, -0.1) is 5.10 Å². The second-order valence-corrected chi connectivity index (χ2v) is 14.1. The minimum atomic E-state index is -1.01. The highest BCUT2D eigenvalue weighted by Crippen LogP contribution is 2.40. The molecule has 4 rings (SSSR count). The van der Waals surface area contributed by atoms with E-state index >= 15 is 0 Å². The number of ketones is 1. The Morgan fingerprint density at radius 1 is 0.915 bits per heavy atom. The fraction of sp³-hybridized carbons (Fsp3) is 0.389. The van der Waals surface area contributed by atoms with Crippen molar-refractivity contribution in [3.63, 3.8) is 0 Å². The summed E-state index contributed by atoms with van der Waals surface area (Å²) in [6.07, 6.45) is 2.62. The predicted octanol–water partition coefficient (Wildman–Crippen LogP) is 8.95. The van der Waals surface area contributed by atoms with Crippen molar-refractivity contribution in [2.45, 2.75) is 84.7 Å². The molecule has 1 unspecified atom stereocenters. The number of amidine groups is 1. The first-order valence-corrected chi connectivity index (χ1v) is 16.8. The van der Waals surface area contributed by atoms with Gasteiger partial charge in [0.15, 0.2) is 0 Å². The lowest BCUT2D eigenvalue weighted by atomic mass is 9.76. The van der Waals surface area contributed by atoms with Gasteiger partial charge in [-0.3, -0.25) is 14.4 Å². The molecule has 2 N–H and O–H groups in total. The molecule has 1 atom stereocenters. The van der Waals surface area contributed by atoms with E-state index in [0.717, 1.165) is 30.0 Å². The van der Waals surface area contributed by atoms with Crippen LogP contribution < -0.4 is 20.4 Å². The van der Waals surface area contributed by atoms with Gasteiger partial charge in [-0.25, -0.2) is 0 Å². The zero-order valence-electron chi connectivity index (χ0n) is 27.8. The molecule has 0 bridgehead atoms. The first kappa shape index (κ1) is 36.2. The van der Waals surface area contributed by atoms with Crippen molar-refractivity contribution in [1.82, 2.24) is 5.32 Å². The maximum Gasteiger partial charge on any atom is 0.323 e. The zero-order chi connectivity index (χ0) is 34.7. The normalized spacial score (nSPS) is 14.3. The lowest BCUT2D eigenvalue weighted by molar-refractivity contribution is -0.131. The molecule has 0 radical (unpaired) electrons. The maximum atomic E-state index is 13.1. The van der Waals surface area contributed by atoms with Gasteiger partial charge in [-0.05, 0) is 72.1 Å². The van der Waals surface area contributed by atoms with Crippen molar-refractivity contribution in [3.05, 3.63) is 86.4 Å². The number of carbonyl (C=O) groups excluding carboxylic acids is 3. The van der Waals surface area contributed by atoms with Crippen LogP contribution in [-0.2, 0) is 20.4 Å². The van der Waals surface area contributed by atoms with E-state index < -0.39 is 23.4 Å². The SMILES string of the molecule is CCC(CNc1cccc(C(=O)NC2=NN(c3c(Cl)cc(Cl)cc3Cl)C(=O)C2=O)c1)Oc1ccc(C(C)(C)CC)cc1C(C)(C)CC. The molecule has 2 amide bonds. The van der Waals surface area contributed by atoms with Crippen LogP contribution in [0, 0.1) is 0 Å². The predicted molar refractivity (Wildman–Crippen MR) is 192 cm³/mol. The topological polar surface area (TPSA) is 100 Å². The van der Waals surface area contributed by atoms with Gasteiger partial charge in [0.1, 0.15) is 17.5 Å². The minimum Gasteiger partial charge on any atom is -0.488 e. The first-order valence-electron chi connectivity index (χ1n) is 15.7. The smallest absolute Gasteiger partial charge is 0.323 e. The number of anilines is 2. The highest BCUT2D eigenvalue weighted by Gasteiger charge is 2.38. The molecule has 8 nitrogen and oxygen atoms in total. The van der Waals surface area contributed by atoms with Crippen LogP contribution in [0.5, 0.6) is 5.75 Å². The van der Waals surface area contributed by atoms with Crippen LogP contribution in [0.1, 0.15) is 89.2 Å². The van der Waals surface area contributed by atoms with Crippen molar-refractivity contribution in [3.8, 4) is 5.75 Å². The number of hydrogen-bond acceptors (Lipinski definition) is 6. The largest absolute Gasteiger partial charge is 0.488 e. The summed E-state index contributed by atoms with van der Waals surface area (Å²) in [4.78, 5) is 38.5. The van der Waals surface area contributed by atoms with Crippen LogP contribution in [0.3, 0.4) is 0 Å².